The van der Waals surface area contributed by atoms with Gasteiger partial charge >= 0.3 is 0 Å². The Morgan fingerprint density at radius 3 is 2.33 bits per heavy atom. The van der Waals surface area contributed by atoms with Gasteiger partial charge in [0.05, 0.1) is 6.10 Å². The number of hydrogen-bond donors (Lipinski definition) is 1. The first-order valence-electron chi connectivity index (χ1n) is 6.53. The van der Waals surface area contributed by atoms with Crippen molar-refractivity contribution in [2.24, 2.45) is 5.92 Å². The molecule has 0 saturated heterocycles. The van der Waals surface area contributed by atoms with E-state index in [1.807, 2.05) is 0 Å². The summed E-state index contributed by atoms with van der Waals surface area (Å²) in [5, 5.41) is 3.45. The van der Waals surface area contributed by atoms with Crippen LogP contribution in [-0.4, -0.2) is 25.8 Å². The zero-order valence-electron chi connectivity index (χ0n) is 11.0. The maximum Gasteiger partial charge on any atom is 0.0696 e. The van der Waals surface area contributed by atoms with Crippen molar-refractivity contribution in [2.75, 3.05) is 19.7 Å². The van der Waals surface area contributed by atoms with E-state index < -0.39 is 0 Å². The number of nitrogens with one attached hydrogen (secondary N) is 1. The number of unbranched alkanes of at least 4 members (excludes halogenated alkanes) is 2. The number of ether oxygens (including phenoxy) is 1. The summed E-state index contributed by atoms with van der Waals surface area (Å²) < 4.78 is 5.81. The van der Waals surface area contributed by atoms with Crippen molar-refractivity contribution >= 4 is 0 Å². The number of rotatable bonds is 10. The number of hydrogen-bond acceptors (Lipinski definition) is 2. The van der Waals surface area contributed by atoms with Crippen LogP contribution in [0.2, 0.25) is 0 Å². The van der Waals surface area contributed by atoms with E-state index in [-0.39, 0.29) is 0 Å². The van der Waals surface area contributed by atoms with Crippen LogP contribution in [0.1, 0.15) is 53.4 Å². The molecule has 0 fully saturated rings. The summed E-state index contributed by atoms with van der Waals surface area (Å²) in [6.07, 6.45) is 5.27. The van der Waals surface area contributed by atoms with Crippen molar-refractivity contribution in [3.05, 3.63) is 0 Å². The molecule has 0 saturated carbocycles. The third-order valence-electron chi connectivity index (χ3n) is 2.48. The van der Waals surface area contributed by atoms with E-state index in [1.165, 1.54) is 19.3 Å². The molecule has 2 nitrogen and oxygen atoms in total. The van der Waals surface area contributed by atoms with Gasteiger partial charge in [-0.25, -0.2) is 0 Å². The second-order valence-corrected chi connectivity index (χ2v) is 4.66. The summed E-state index contributed by atoms with van der Waals surface area (Å²) in [5.41, 5.74) is 0. The minimum atomic E-state index is 0.403. The van der Waals surface area contributed by atoms with Crippen LogP contribution in [0.15, 0.2) is 0 Å². The molecular formula is C13H29NO. The molecule has 1 N–H and O–H groups in total. The van der Waals surface area contributed by atoms with Crippen molar-refractivity contribution in [2.45, 2.75) is 59.5 Å². The van der Waals surface area contributed by atoms with E-state index >= 15 is 0 Å². The Morgan fingerprint density at radius 1 is 1.07 bits per heavy atom. The Labute approximate surface area is 95.8 Å². The van der Waals surface area contributed by atoms with Gasteiger partial charge in [0.1, 0.15) is 0 Å². The second kappa shape index (κ2) is 10.4. The topological polar surface area (TPSA) is 21.3 Å². The molecule has 0 spiro atoms. The van der Waals surface area contributed by atoms with Crippen LogP contribution in [0.25, 0.3) is 0 Å². The molecule has 92 valence electrons. The molecule has 15 heavy (non-hydrogen) atoms. The third kappa shape index (κ3) is 10.2. The van der Waals surface area contributed by atoms with Gasteiger partial charge in [-0.05, 0) is 25.3 Å². The molecule has 0 aromatic rings. The molecule has 0 radical (unpaired) electrons. The lowest BCUT2D eigenvalue weighted by Gasteiger charge is -2.17. The second-order valence-electron chi connectivity index (χ2n) is 4.66. The molecule has 0 amide bonds. The lowest BCUT2D eigenvalue weighted by Crippen LogP contribution is -2.31. The van der Waals surface area contributed by atoms with Crippen molar-refractivity contribution in [1.82, 2.24) is 5.32 Å². The fourth-order valence-electron chi connectivity index (χ4n) is 1.46. The Hall–Kier alpha value is -0.0800. The molecular weight excluding hydrogens is 186 g/mol. The molecule has 2 heteroatoms. The fraction of sp³-hybridized carbons (Fsp3) is 1.00. The quantitative estimate of drug-likeness (QED) is 0.565. The fourth-order valence-corrected chi connectivity index (χ4v) is 1.46. The monoisotopic (exact) mass is 215 g/mol. The molecule has 0 aliphatic carbocycles. The van der Waals surface area contributed by atoms with Crippen LogP contribution in [0, 0.1) is 5.92 Å². The summed E-state index contributed by atoms with van der Waals surface area (Å²) in [6, 6.07) is 0. The zero-order chi connectivity index (χ0) is 11.5. The molecule has 0 heterocycles. The molecule has 0 aromatic heterocycles. The van der Waals surface area contributed by atoms with Crippen LogP contribution < -0.4 is 5.32 Å². The standard InChI is InChI=1S/C13H29NO/c1-5-7-8-9-15-13(6-2)11-14-10-12(3)4/h12-14H,5-11H2,1-4H3. The van der Waals surface area contributed by atoms with E-state index in [0.717, 1.165) is 32.0 Å². The predicted molar refractivity (Wildman–Crippen MR) is 67.3 cm³/mol. The van der Waals surface area contributed by atoms with Crippen molar-refractivity contribution < 1.29 is 4.74 Å². The summed E-state index contributed by atoms with van der Waals surface area (Å²) >= 11 is 0. The van der Waals surface area contributed by atoms with Crippen molar-refractivity contribution in [1.29, 1.82) is 0 Å². The van der Waals surface area contributed by atoms with E-state index in [4.69, 9.17) is 4.74 Å². The van der Waals surface area contributed by atoms with Crippen LogP contribution in [-0.2, 0) is 4.74 Å². The van der Waals surface area contributed by atoms with Gasteiger partial charge in [-0.15, -0.1) is 0 Å². The minimum Gasteiger partial charge on any atom is -0.377 e. The van der Waals surface area contributed by atoms with Gasteiger partial charge < -0.3 is 10.1 Å². The Bertz CT molecular complexity index is 126. The molecule has 0 rings (SSSR count). The average molecular weight is 215 g/mol. The highest BCUT2D eigenvalue weighted by Gasteiger charge is 2.05. The van der Waals surface area contributed by atoms with Crippen LogP contribution >= 0.6 is 0 Å². The lowest BCUT2D eigenvalue weighted by molar-refractivity contribution is 0.0480. The largest absolute Gasteiger partial charge is 0.377 e. The zero-order valence-corrected chi connectivity index (χ0v) is 11.0. The summed E-state index contributed by atoms with van der Waals surface area (Å²) in [5.74, 6) is 0.725. The van der Waals surface area contributed by atoms with Gasteiger partial charge in [-0.2, -0.15) is 0 Å². The first kappa shape index (κ1) is 14.9. The van der Waals surface area contributed by atoms with Gasteiger partial charge in [0.25, 0.3) is 0 Å². The molecule has 1 atom stereocenters. The van der Waals surface area contributed by atoms with Gasteiger partial charge in [-0.3, -0.25) is 0 Å². The van der Waals surface area contributed by atoms with Gasteiger partial charge in [0, 0.05) is 13.2 Å². The summed E-state index contributed by atoms with van der Waals surface area (Å²) in [4.78, 5) is 0. The first-order chi connectivity index (χ1) is 7.20. The summed E-state index contributed by atoms with van der Waals surface area (Å²) in [6.45, 7) is 11.9. The highest BCUT2D eigenvalue weighted by atomic mass is 16.5. The van der Waals surface area contributed by atoms with Crippen molar-refractivity contribution in [3.63, 3.8) is 0 Å². The van der Waals surface area contributed by atoms with Crippen LogP contribution in [0.4, 0.5) is 0 Å². The maximum atomic E-state index is 5.81. The molecule has 0 aliphatic rings. The first-order valence-corrected chi connectivity index (χ1v) is 6.53. The van der Waals surface area contributed by atoms with Gasteiger partial charge in [0.15, 0.2) is 0 Å². The normalized spacial score (nSPS) is 13.4. The third-order valence-corrected chi connectivity index (χ3v) is 2.48. The smallest absolute Gasteiger partial charge is 0.0696 e. The highest BCUT2D eigenvalue weighted by Crippen LogP contribution is 2.01. The summed E-state index contributed by atoms with van der Waals surface area (Å²) in [7, 11) is 0. The average Bonchev–Trinajstić information content (AvgIpc) is 2.21. The van der Waals surface area contributed by atoms with E-state index in [2.05, 4.69) is 33.0 Å². The Morgan fingerprint density at radius 2 is 1.80 bits per heavy atom. The van der Waals surface area contributed by atoms with Gasteiger partial charge in [-0.1, -0.05) is 40.5 Å². The lowest BCUT2D eigenvalue weighted by atomic mass is 10.2. The van der Waals surface area contributed by atoms with E-state index in [0.29, 0.717) is 6.10 Å². The molecule has 0 aromatic carbocycles. The van der Waals surface area contributed by atoms with Gasteiger partial charge in [0.2, 0.25) is 0 Å². The molecule has 0 bridgehead atoms. The highest BCUT2D eigenvalue weighted by molar-refractivity contribution is 4.61. The van der Waals surface area contributed by atoms with E-state index in [1.54, 1.807) is 0 Å². The maximum absolute atomic E-state index is 5.81. The Balaban J connectivity index is 3.38. The Kier molecular flexibility index (Phi) is 10.4. The van der Waals surface area contributed by atoms with Crippen molar-refractivity contribution in [3.8, 4) is 0 Å². The SMILES string of the molecule is CCCCCOC(CC)CNCC(C)C. The van der Waals surface area contributed by atoms with Crippen LogP contribution in [0.5, 0.6) is 0 Å². The molecule has 0 aliphatic heterocycles. The molecule has 1 unspecified atom stereocenters. The van der Waals surface area contributed by atoms with E-state index in [9.17, 15) is 0 Å². The predicted octanol–water partition coefficient (Wildman–Crippen LogP) is 3.22. The minimum absolute atomic E-state index is 0.403. The van der Waals surface area contributed by atoms with Crippen LogP contribution in [0.3, 0.4) is 0 Å².